The number of nitrogens with two attached hydrogens (primary N) is 1. The summed E-state index contributed by atoms with van der Waals surface area (Å²) in [6.07, 6.45) is 9.60. The molecule has 0 amide bonds. The lowest BCUT2D eigenvalue weighted by molar-refractivity contribution is 0.290. The van der Waals surface area contributed by atoms with E-state index in [-0.39, 0.29) is 0 Å². The first-order chi connectivity index (χ1) is 8.33. The van der Waals surface area contributed by atoms with Crippen LogP contribution in [-0.2, 0) is 0 Å². The van der Waals surface area contributed by atoms with Crippen LogP contribution in [0.25, 0.3) is 0 Å². The van der Waals surface area contributed by atoms with E-state index < -0.39 is 0 Å². The van der Waals surface area contributed by atoms with E-state index in [0.29, 0.717) is 12.0 Å². The number of thiophene rings is 1. The number of aryl methyl sites for hydroxylation is 1. The third kappa shape index (κ3) is 3.30. The lowest BCUT2D eigenvalue weighted by Gasteiger charge is -2.28. The van der Waals surface area contributed by atoms with Crippen LogP contribution in [0.3, 0.4) is 0 Å². The van der Waals surface area contributed by atoms with Gasteiger partial charge in [-0.15, -0.1) is 11.3 Å². The maximum Gasteiger partial charge on any atom is 0.0499 e. The Labute approximate surface area is 109 Å². The Balaban J connectivity index is 2.08. The molecule has 1 fully saturated rings. The van der Waals surface area contributed by atoms with Crippen LogP contribution in [0, 0.1) is 12.8 Å². The van der Waals surface area contributed by atoms with Gasteiger partial charge in [-0.05, 0) is 42.7 Å². The van der Waals surface area contributed by atoms with Crippen LogP contribution in [0.4, 0.5) is 0 Å². The van der Waals surface area contributed by atoms with Crippen molar-refractivity contribution < 1.29 is 0 Å². The summed E-state index contributed by atoms with van der Waals surface area (Å²) in [6.45, 7) is 2.20. The molecule has 0 saturated heterocycles. The Hall–Kier alpha value is -0.380. The Bertz CT molecular complexity index is 327. The Morgan fingerprint density at radius 1 is 1.24 bits per heavy atom. The molecule has 1 aromatic rings. The highest BCUT2D eigenvalue weighted by atomic mass is 32.1. The van der Waals surface area contributed by atoms with Crippen LogP contribution >= 0.6 is 11.3 Å². The van der Waals surface area contributed by atoms with Gasteiger partial charge in [0.15, 0.2) is 0 Å². The van der Waals surface area contributed by atoms with Crippen molar-refractivity contribution in [3.8, 4) is 0 Å². The number of rotatable bonds is 3. The fourth-order valence-electron chi connectivity index (χ4n) is 3.02. The lowest BCUT2D eigenvalue weighted by Crippen LogP contribution is -2.34. The van der Waals surface area contributed by atoms with Gasteiger partial charge in [-0.25, -0.2) is 0 Å². The van der Waals surface area contributed by atoms with Crippen LogP contribution in [-0.4, -0.2) is 0 Å². The minimum atomic E-state index is 0.361. The van der Waals surface area contributed by atoms with Gasteiger partial charge >= 0.3 is 0 Å². The van der Waals surface area contributed by atoms with Crippen molar-refractivity contribution in [2.75, 3.05) is 0 Å². The topological polar surface area (TPSA) is 38.0 Å². The lowest BCUT2D eigenvalue weighted by atomic mass is 9.83. The molecule has 17 heavy (non-hydrogen) atoms. The van der Waals surface area contributed by atoms with E-state index in [4.69, 9.17) is 5.84 Å². The highest BCUT2D eigenvalue weighted by molar-refractivity contribution is 7.10. The second kappa shape index (κ2) is 6.53. The maximum absolute atomic E-state index is 5.81. The summed E-state index contributed by atoms with van der Waals surface area (Å²) in [5, 5.41) is 2.18. The average Bonchev–Trinajstić information content (AvgIpc) is 2.69. The second-order valence-corrected chi connectivity index (χ2v) is 6.30. The van der Waals surface area contributed by atoms with Gasteiger partial charge in [-0.3, -0.25) is 11.3 Å². The second-order valence-electron chi connectivity index (χ2n) is 5.18. The van der Waals surface area contributed by atoms with E-state index in [1.807, 2.05) is 11.3 Å². The van der Waals surface area contributed by atoms with E-state index in [1.165, 1.54) is 55.4 Å². The van der Waals surface area contributed by atoms with Gasteiger partial charge in [0.05, 0.1) is 0 Å². The van der Waals surface area contributed by atoms with E-state index in [2.05, 4.69) is 23.8 Å². The zero-order valence-corrected chi connectivity index (χ0v) is 11.6. The zero-order valence-electron chi connectivity index (χ0n) is 10.7. The third-order valence-corrected chi connectivity index (χ3v) is 4.90. The number of hydrogen-bond acceptors (Lipinski definition) is 3. The third-order valence-electron chi connectivity index (χ3n) is 4.03. The van der Waals surface area contributed by atoms with Crippen molar-refractivity contribution in [2.45, 2.75) is 57.9 Å². The summed E-state index contributed by atoms with van der Waals surface area (Å²) < 4.78 is 0. The molecule has 1 saturated carbocycles. The monoisotopic (exact) mass is 252 g/mol. The molecular weight excluding hydrogens is 228 g/mol. The molecule has 0 radical (unpaired) electrons. The van der Waals surface area contributed by atoms with Gasteiger partial charge in [0.2, 0.25) is 0 Å². The largest absolute Gasteiger partial charge is 0.271 e. The summed E-state index contributed by atoms with van der Waals surface area (Å²) >= 11 is 1.83. The molecule has 96 valence electrons. The summed E-state index contributed by atoms with van der Waals surface area (Å²) in [7, 11) is 0. The normalized spacial score (nSPS) is 20.8. The smallest absolute Gasteiger partial charge is 0.0499 e. The molecule has 1 unspecified atom stereocenters. The SMILES string of the molecule is Cc1sccc1C(NN)C1CCCCCCC1. The maximum atomic E-state index is 5.81. The minimum absolute atomic E-state index is 0.361. The standard InChI is InChI=1S/C14H24N2S/c1-11-13(9-10-17-11)14(16-15)12-7-5-3-2-4-6-8-12/h9-10,12,14,16H,2-8,15H2,1H3. The van der Waals surface area contributed by atoms with E-state index >= 15 is 0 Å². The fourth-order valence-corrected chi connectivity index (χ4v) is 3.77. The van der Waals surface area contributed by atoms with Crippen molar-refractivity contribution in [3.63, 3.8) is 0 Å². The predicted octanol–water partition coefficient (Wildman–Crippen LogP) is 3.92. The van der Waals surface area contributed by atoms with Crippen molar-refractivity contribution in [1.29, 1.82) is 0 Å². The molecule has 0 spiro atoms. The van der Waals surface area contributed by atoms with Crippen molar-refractivity contribution >= 4 is 11.3 Å². The van der Waals surface area contributed by atoms with Crippen molar-refractivity contribution in [2.24, 2.45) is 11.8 Å². The summed E-state index contributed by atoms with van der Waals surface area (Å²) in [5.41, 5.74) is 4.49. The van der Waals surface area contributed by atoms with Crippen LogP contribution in [0.5, 0.6) is 0 Å². The first-order valence-corrected chi connectivity index (χ1v) is 7.71. The highest BCUT2D eigenvalue weighted by Crippen LogP contribution is 2.35. The molecule has 1 aromatic heterocycles. The molecule has 0 aromatic carbocycles. The van der Waals surface area contributed by atoms with E-state index in [1.54, 1.807) is 0 Å². The van der Waals surface area contributed by atoms with Crippen LogP contribution in [0.15, 0.2) is 11.4 Å². The van der Waals surface area contributed by atoms with Gasteiger partial charge < -0.3 is 0 Å². The molecule has 0 bridgehead atoms. The number of nitrogens with one attached hydrogen (secondary N) is 1. The fraction of sp³-hybridized carbons (Fsp3) is 0.714. The minimum Gasteiger partial charge on any atom is -0.271 e. The van der Waals surface area contributed by atoms with Crippen LogP contribution in [0.2, 0.25) is 0 Å². The van der Waals surface area contributed by atoms with Gasteiger partial charge in [0.1, 0.15) is 0 Å². The van der Waals surface area contributed by atoms with Crippen molar-refractivity contribution in [1.82, 2.24) is 5.43 Å². The molecule has 1 aliphatic rings. The molecule has 2 rings (SSSR count). The average molecular weight is 252 g/mol. The van der Waals surface area contributed by atoms with E-state index in [0.717, 1.165) is 0 Å². The molecule has 3 heteroatoms. The quantitative estimate of drug-likeness (QED) is 0.632. The molecule has 0 aliphatic heterocycles. The van der Waals surface area contributed by atoms with Gasteiger partial charge in [0, 0.05) is 10.9 Å². The molecular formula is C14H24N2S. The molecule has 2 nitrogen and oxygen atoms in total. The predicted molar refractivity (Wildman–Crippen MR) is 74.9 cm³/mol. The zero-order chi connectivity index (χ0) is 12.1. The number of hydrogen-bond donors (Lipinski definition) is 2. The number of hydrazine groups is 1. The first kappa shape index (κ1) is 13.1. The summed E-state index contributed by atoms with van der Waals surface area (Å²) in [4.78, 5) is 1.41. The van der Waals surface area contributed by atoms with Gasteiger partial charge in [-0.2, -0.15) is 0 Å². The van der Waals surface area contributed by atoms with Crippen molar-refractivity contribution in [3.05, 3.63) is 21.9 Å². The first-order valence-electron chi connectivity index (χ1n) is 6.83. The summed E-state index contributed by atoms with van der Waals surface area (Å²) in [5.74, 6) is 6.52. The Kier molecular flexibility index (Phi) is 5.01. The van der Waals surface area contributed by atoms with Gasteiger partial charge in [0.25, 0.3) is 0 Å². The van der Waals surface area contributed by atoms with Crippen LogP contribution < -0.4 is 11.3 Å². The molecule has 1 heterocycles. The summed E-state index contributed by atoms with van der Waals surface area (Å²) in [6, 6.07) is 2.60. The molecule has 1 atom stereocenters. The Morgan fingerprint density at radius 3 is 2.41 bits per heavy atom. The van der Waals surface area contributed by atoms with E-state index in [9.17, 15) is 0 Å². The molecule has 1 aliphatic carbocycles. The highest BCUT2D eigenvalue weighted by Gasteiger charge is 2.24. The van der Waals surface area contributed by atoms with Gasteiger partial charge in [-0.1, -0.05) is 32.1 Å². The van der Waals surface area contributed by atoms with Crippen LogP contribution in [0.1, 0.15) is 61.4 Å². The Morgan fingerprint density at radius 2 is 1.88 bits per heavy atom. The molecule has 3 N–H and O–H groups in total.